The number of anilines is 1. The van der Waals surface area contributed by atoms with Crippen molar-refractivity contribution < 1.29 is 4.74 Å². The number of nitrogens with one attached hydrogen (secondary N) is 1. The molecule has 0 saturated carbocycles. The predicted octanol–water partition coefficient (Wildman–Crippen LogP) is 3.62. The van der Waals surface area contributed by atoms with Crippen LogP contribution in [0.25, 0.3) is 0 Å². The van der Waals surface area contributed by atoms with Gasteiger partial charge < -0.3 is 10.1 Å². The lowest BCUT2D eigenvalue weighted by molar-refractivity contribution is 0.306. The second-order valence-corrected chi connectivity index (χ2v) is 4.00. The van der Waals surface area contributed by atoms with Crippen LogP contribution in [0.1, 0.15) is 11.1 Å². The van der Waals surface area contributed by atoms with Gasteiger partial charge in [-0.3, -0.25) is 0 Å². The lowest BCUT2D eigenvalue weighted by atomic mass is 10.2. The molecular weight excluding hydrogens is 210 g/mol. The van der Waals surface area contributed by atoms with Crippen LogP contribution in [0.5, 0.6) is 5.75 Å². The number of hydrogen-bond acceptors (Lipinski definition) is 2. The Morgan fingerprint density at radius 1 is 1.06 bits per heavy atom. The van der Waals surface area contributed by atoms with E-state index < -0.39 is 0 Å². The number of benzene rings is 2. The van der Waals surface area contributed by atoms with E-state index in [1.807, 2.05) is 37.4 Å². The Morgan fingerprint density at radius 2 is 1.82 bits per heavy atom. The summed E-state index contributed by atoms with van der Waals surface area (Å²) in [6.07, 6.45) is 0. The van der Waals surface area contributed by atoms with Crippen molar-refractivity contribution in [2.45, 2.75) is 13.5 Å². The Kier molecular flexibility index (Phi) is 3.66. The van der Waals surface area contributed by atoms with Gasteiger partial charge >= 0.3 is 0 Å². The minimum absolute atomic E-state index is 0.604. The van der Waals surface area contributed by atoms with Crippen LogP contribution in [0.3, 0.4) is 0 Å². The first-order chi connectivity index (χ1) is 8.29. The van der Waals surface area contributed by atoms with Crippen LogP contribution >= 0.6 is 0 Å². The standard InChI is InChI=1S/C15H17NO/c1-12-8-9-14(10-15(12)16-2)17-11-13-6-4-3-5-7-13/h3-10,16H,11H2,1-2H3. The molecular formula is C15H17NO. The molecule has 2 aromatic carbocycles. The molecule has 0 heterocycles. The summed E-state index contributed by atoms with van der Waals surface area (Å²) >= 11 is 0. The molecule has 88 valence electrons. The van der Waals surface area contributed by atoms with E-state index in [4.69, 9.17) is 4.74 Å². The Bertz CT molecular complexity index is 480. The molecule has 2 heteroatoms. The largest absolute Gasteiger partial charge is 0.489 e. The van der Waals surface area contributed by atoms with Gasteiger partial charge in [0.1, 0.15) is 12.4 Å². The van der Waals surface area contributed by atoms with E-state index in [-0.39, 0.29) is 0 Å². The zero-order valence-electron chi connectivity index (χ0n) is 10.2. The summed E-state index contributed by atoms with van der Waals surface area (Å²) in [5.41, 5.74) is 3.51. The normalized spacial score (nSPS) is 10.0. The molecule has 0 aromatic heterocycles. The molecule has 0 aliphatic heterocycles. The number of ether oxygens (including phenoxy) is 1. The average molecular weight is 227 g/mol. The maximum atomic E-state index is 5.75. The first kappa shape index (κ1) is 11.5. The summed E-state index contributed by atoms with van der Waals surface area (Å²) in [5.74, 6) is 0.892. The molecule has 1 N–H and O–H groups in total. The molecule has 2 nitrogen and oxygen atoms in total. The molecule has 0 fully saturated rings. The summed E-state index contributed by atoms with van der Waals surface area (Å²) in [6, 6.07) is 16.3. The molecule has 0 radical (unpaired) electrons. The van der Waals surface area contributed by atoms with Crippen LogP contribution in [-0.4, -0.2) is 7.05 Å². The number of aryl methyl sites for hydroxylation is 1. The maximum absolute atomic E-state index is 5.75. The van der Waals surface area contributed by atoms with E-state index in [0.29, 0.717) is 6.61 Å². The van der Waals surface area contributed by atoms with Crippen LogP contribution in [0.15, 0.2) is 48.5 Å². The summed E-state index contributed by atoms with van der Waals surface area (Å²) in [5, 5.41) is 3.15. The van der Waals surface area contributed by atoms with E-state index in [1.54, 1.807) is 0 Å². The van der Waals surface area contributed by atoms with E-state index in [9.17, 15) is 0 Å². The maximum Gasteiger partial charge on any atom is 0.121 e. The zero-order valence-corrected chi connectivity index (χ0v) is 10.2. The second-order valence-electron chi connectivity index (χ2n) is 4.00. The van der Waals surface area contributed by atoms with Gasteiger partial charge in [-0.05, 0) is 24.1 Å². The monoisotopic (exact) mass is 227 g/mol. The molecule has 2 aromatic rings. The average Bonchev–Trinajstić information content (AvgIpc) is 2.39. The molecule has 0 bridgehead atoms. The molecule has 0 aliphatic carbocycles. The van der Waals surface area contributed by atoms with Crippen LogP contribution in [0.4, 0.5) is 5.69 Å². The van der Waals surface area contributed by atoms with Crippen LogP contribution in [-0.2, 0) is 6.61 Å². The van der Waals surface area contributed by atoms with Crippen molar-refractivity contribution in [1.82, 2.24) is 0 Å². The SMILES string of the molecule is CNc1cc(OCc2ccccc2)ccc1C. The van der Waals surface area contributed by atoms with Crippen LogP contribution in [0, 0.1) is 6.92 Å². The van der Waals surface area contributed by atoms with Gasteiger partial charge in [-0.1, -0.05) is 36.4 Å². The fraction of sp³-hybridized carbons (Fsp3) is 0.200. The number of hydrogen-bond donors (Lipinski definition) is 1. The first-order valence-corrected chi connectivity index (χ1v) is 5.75. The molecule has 0 amide bonds. The highest BCUT2D eigenvalue weighted by Crippen LogP contribution is 2.22. The minimum atomic E-state index is 0.604. The molecule has 0 saturated heterocycles. The molecule has 2 rings (SSSR count). The number of rotatable bonds is 4. The summed E-state index contributed by atoms with van der Waals surface area (Å²) in [6.45, 7) is 2.68. The molecule has 0 aliphatic rings. The zero-order chi connectivity index (χ0) is 12.1. The van der Waals surface area contributed by atoms with Crippen molar-refractivity contribution in [3.8, 4) is 5.75 Å². The predicted molar refractivity (Wildman–Crippen MR) is 71.5 cm³/mol. The Morgan fingerprint density at radius 3 is 2.53 bits per heavy atom. The highest BCUT2D eigenvalue weighted by atomic mass is 16.5. The topological polar surface area (TPSA) is 21.3 Å². The van der Waals surface area contributed by atoms with Gasteiger partial charge in [0, 0.05) is 18.8 Å². The summed E-state index contributed by atoms with van der Waals surface area (Å²) < 4.78 is 5.75. The van der Waals surface area contributed by atoms with Gasteiger partial charge in [0.2, 0.25) is 0 Å². The molecule has 0 atom stereocenters. The molecule has 17 heavy (non-hydrogen) atoms. The Hall–Kier alpha value is -1.96. The van der Waals surface area contributed by atoms with Gasteiger partial charge in [0.15, 0.2) is 0 Å². The van der Waals surface area contributed by atoms with E-state index >= 15 is 0 Å². The van der Waals surface area contributed by atoms with Gasteiger partial charge in [-0.2, -0.15) is 0 Å². The highest BCUT2D eigenvalue weighted by Gasteiger charge is 1.99. The van der Waals surface area contributed by atoms with E-state index in [1.165, 1.54) is 11.1 Å². The van der Waals surface area contributed by atoms with Crippen molar-refractivity contribution in [3.05, 3.63) is 59.7 Å². The Balaban J connectivity index is 2.04. The van der Waals surface area contributed by atoms with Crippen molar-refractivity contribution >= 4 is 5.69 Å². The summed E-state index contributed by atoms with van der Waals surface area (Å²) in [4.78, 5) is 0. The van der Waals surface area contributed by atoms with Gasteiger partial charge in [0.25, 0.3) is 0 Å². The van der Waals surface area contributed by atoms with Gasteiger partial charge in [-0.15, -0.1) is 0 Å². The van der Waals surface area contributed by atoms with Crippen molar-refractivity contribution in [3.63, 3.8) is 0 Å². The van der Waals surface area contributed by atoms with Crippen molar-refractivity contribution in [2.75, 3.05) is 12.4 Å². The quantitative estimate of drug-likeness (QED) is 0.861. The van der Waals surface area contributed by atoms with Gasteiger partial charge in [0.05, 0.1) is 0 Å². The molecule has 0 spiro atoms. The van der Waals surface area contributed by atoms with Gasteiger partial charge in [-0.25, -0.2) is 0 Å². The van der Waals surface area contributed by atoms with Crippen molar-refractivity contribution in [1.29, 1.82) is 0 Å². The third-order valence-corrected chi connectivity index (χ3v) is 2.73. The smallest absolute Gasteiger partial charge is 0.121 e. The molecule has 0 unspecified atom stereocenters. The third-order valence-electron chi connectivity index (χ3n) is 2.73. The lowest BCUT2D eigenvalue weighted by Crippen LogP contribution is -1.97. The lowest BCUT2D eigenvalue weighted by Gasteiger charge is -2.10. The first-order valence-electron chi connectivity index (χ1n) is 5.75. The van der Waals surface area contributed by atoms with Crippen molar-refractivity contribution in [2.24, 2.45) is 0 Å². The van der Waals surface area contributed by atoms with E-state index in [0.717, 1.165) is 11.4 Å². The minimum Gasteiger partial charge on any atom is -0.489 e. The van der Waals surface area contributed by atoms with E-state index in [2.05, 4.69) is 30.4 Å². The second kappa shape index (κ2) is 5.39. The fourth-order valence-electron chi connectivity index (χ4n) is 1.70. The Labute approximate surface area is 102 Å². The summed E-state index contributed by atoms with van der Waals surface area (Å²) in [7, 11) is 1.92. The van der Waals surface area contributed by atoms with Crippen LogP contribution < -0.4 is 10.1 Å². The third kappa shape index (κ3) is 3.00. The fourth-order valence-corrected chi connectivity index (χ4v) is 1.70. The highest BCUT2D eigenvalue weighted by molar-refractivity contribution is 5.54. The van der Waals surface area contributed by atoms with Crippen LogP contribution in [0.2, 0.25) is 0 Å².